The van der Waals surface area contributed by atoms with Gasteiger partial charge in [0.1, 0.15) is 0 Å². The van der Waals surface area contributed by atoms with Gasteiger partial charge in [0.15, 0.2) is 0 Å². The van der Waals surface area contributed by atoms with Crippen molar-refractivity contribution in [3.63, 3.8) is 0 Å². The first kappa shape index (κ1) is 9.76. The lowest BCUT2D eigenvalue weighted by molar-refractivity contribution is -0.145. The molecule has 1 aliphatic carbocycles. The van der Waals surface area contributed by atoms with Gasteiger partial charge in [-0.3, -0.25) is 4.79 Å². The van der Waals surface area contributed by atoms with Gasteiger partial charge in [0.05, 0.1) is 6.04 Å². The van der Waals surface area contributed by atoms with Crippen LogP contribution in [0.15, 0.2) is 0 Å². The Kier molecular flexibility index (Phi) is 2.34. The van der Waals surface area contributed by atoms with Gasteiger partial charge < -0.3 is 5.32 Å². The molecule has 3 rings (SSSR count). The molecule has 13 heavy (non-hydrogen) atoms. The number of halogens is 3. The van der Waals surface area contributed by atoms with Crippen LogP contribution in [0.2, 0.25) is 0 Å². The molecule has 0 spiro atoms. The Bertz CT molecular complexity index is 246. The van der Waals surface area contributed by atoms with Crippen LogP contribution >= 0.6 is 22.6 Å². The molecule has 0 aromatic carbocycles. The lowest BCUT2D eigenvalue weighted by Crippen LogP contribution is -2.62. The van der Waals surface area contributed by atoms with Crippen LogP contribution in [0.3, 0.4) is 0 Å². The zero-order valence-corrected chi connectivity index (χ0v) is 9.05. The van der Waals surface area contributed by atoms with Gasteiger partial charge in [0.25, 0.3) is 5.92 Å². The second kappa shape index (κ2) is 3.12. The summed E-state index contributed by atoms with van der Waals surface area (Å²) in [6.07, 6.45) is 1.16. The van der Waals surface area contributed by atoms with E-state index < -0.39 is 17.9 Å². The first-order chi connectivity index (χ1) is 6.00. The molecule has 0 aromatic heterocycles. The third-order valence-electron chi connectivity index (χ3n) is 2.95. The minimum Gasteiger partial charge on any atom is -0.303 e. The van der Waals surface area contributed by atoms with Gasteiger partial charge in [-0.15, -0.1) is 0 Å². The Morgan fingerprint density at radius 3 is 2.54 bits per heavy atom. The van der Waals surface area contributed by atoms with E-state index in [1.807, 2.05) is 0 Å². The van der Waals surface area contributed by atoms with Gasteiger partial charge in [0, 0.05) is 41.0 Å². The van der Waals surface area contributed by atoms with Crippen molar-refractivity contribution in [2.75, 3.05) is 0 Å². The molecule has 74 valence electrons. The van der Waals surface area contributed by atoms with Crippen molar-refractivity contribution in [2.45, 2.75) is 37.3 Å². The van der Waals surface area contributed by atoms with E-state index in [0.29, 0.717) is 6.42 Å². The molecule has 0 unspecified atom stereocenters. The Hall–Kier alpha value is 0.220. The number of hydrogen-bond acceptors (Lipinski definition) is 2. The predicted octanol–water partition coefficient (Wildman–Crippen LogP) is 1.72. The molecule has 2 saturated heterocycles. The van der Waals surface area contributed by atoms with E-state index in [0.717, 1.165) is 6.42 Å². The van der Waals surface area contributed by atoms with E-state index >= 15 is 0 Å². The van der Waals surface area contributed by atoms with Crippen LogP contribution in [0.5, 0.6) is 0 Å². The van der Waals surface area contributed by atoms with E-state index in [2.05, 4.69) is 5.32 Å². The average Bonchev–Trinajstić information content (AvgIpc) is 2.02. The molecule has 2 bridgehead atoms. The van der Waals surface area contributed by atoms with Gasteiger partial charge >= 0.3 is 0 Å². The summed E-state index contributed by atoms with van der Waals surface area (Å²) in [5.41, 5.74) is 0. The van der Waals surface area contributed by atoms with Crippen LogP contribution in [0.1, 0.15) is 19.3 Å². The van der Waals surface area contributed by atoms with E-state index in [9.17, 15) is 13.6 Å². The van der Waals surface area contributed by atoms with Crippen LogP contribution in [0, 0.1) is 5.92 Å². The molecule has 3 atom stereocenters. The van der Waals surface area contributed by atoms with Crippen molar-refractivity contribution in [3.05, 3.63) is 0 Å². The number of nitrogens with one attached hydrogen (secondary N) is 1. The first-order valence-electron chi connectivity index (χ1n) is 4.34. The normalized spacial score (nSPS) is 41.9. The maximum Gasteiger partial charge on any atom is 0.254 e. The molecule has 2 aliphatic heterocycles. The highest BCUT2D eigenvalue weighted by Crippen LogP contribution is 2.45. The summed E-state index contributed by atoms with van der Waals surface area (Å²) < 4.78 is 26.4. The van der Waals surface area contributed by atoms with Gasteiger partial charge in [-0.1, -0.05) is 0 Å². The molecule has 2 nitrogen and oxygen atoms in total. The summed E-state index contributed by atoms with van der Waals surface area (Å²) in [5.74, 6) is -3.42. The molecule has 1 N–H and O–H groups in total. The minimum atomic E-state index is -2.64. The number of carbonyl (C=O) groups is 1. The summed E-state index contributed by atoms with van der Waals surface area (Å²) in [5, 5.41) is 2.97. The maximum absolute atomic E-state index is 13.3. The van der Waals surface area contributed by atoms with Crippen molar-refractivity contribution >= 4 is 26.4 Å². The first-order valence-corrected chi connectivity index (χ1v) is 5.42. The van der Waals surface area contributed by atoms with Crippen LogP contribution in [0.25, 0.3) is 0 Å². The lowest BCUT2D eigenvalue weighted by Gasteiger charge is -2.46. The topological polar surface area (TPSA) is 29.1 Å². The van der Waals surface area contributed by atoms with Crippen molar-refractivity contribution in [1.29, 1.82) is 0 Å². The van der Waals surface area contributed by atoms with Crippen LogP contribution in [-0.2, 0) is 4.79 Å². The van der Waals surface area contributed by atoms with Crippen LogP contribution in [0.4, 0.5) is 8.78 Å². The fourth-order valence-electron chi connectivity index (χ4n) is 2.32. The monoisotopic (exact) mass is 301 g/mol. The third-order valence-corrected chi connectivity index (χ3v) is 3.62. The quantitative estimate of drug-likeness (QED) is 0.590. The zero-order chi connectivity index (χ0) is 9.64. The van der Waals surface area contributed by atoms with E-state index in [-0.39, 0.29) is 16.3 Å². The van der Waals surface area contributed by atoms with E-state index in [4.69, 9.17) is 0 Å². The number of piperidine rings is 2. The highest BCUT2D eigenvalue weighted by molar-refractivity contribution is 14.1. The molecular formula is C8H10F2INO. The third kappa shape index (κ3) is 1.60. The molecule has 3 aliphatic rings. The second-order valence-electron chi connectivity index (χ2n) is 3.79. The molecule has 5 heteroatoms. The SMILES string of the molecule is O=C(I)[C@H]1N[C@H]2CC[C@@H]1C(F)(F)C2. The summed E-state index contributed by atoms with van der Waals surface area (Å²) in [4.78, 5) is 11.1. The fourth-order valence-corrected chi connectivity index (χ4v) is 2.93. The summed E-state index contributed by atoms with van der Waals surface area (Å²) in [7, 11) is 0. The molecule has 0 radical (unpaired) electrons. The van der Waals surface area contributed by atoms with Crippen LogP contribution in [-0.4, -0.2) is 21.8 Å². The Morgan fingerprint density at radius 2 is 2.15 bits per heavy atom. The minimum absolute atomic E-state index is 0.0991. The van der Waals surface area contributed by atoms with Crippen molar-refractivity contribution in [1.82, 2.24) is 5.32 Å². The summed E-state index contributed by atoms with van der Waals surface area (Å²) in [6, 6.07) is -0.785. The van der Waals surface area contributed by atoms with Gasteiger partial charge in [-0.05, 0) is 12.8 Å². The second-order valence-corrected chi connectivity index (χ2v) is 4.86. The lowest BCUT2D eigenvalue weighted by atomic mass is 9.74. The zero-order valence-electron chi connectivity index (χ0n) is 6.90. The number of rotatable bonds is 1. The summed E-state index contributed by atoms with van der Waals surface area (Å²) in [6.45, 7) is 0. The van der Waals surface area contributed by atoms with Gasteiger partial charge in [0.2, 0.25) is 3.79 Å². The highest BCUT2D eigenvalue weighted by atomic mass is 127. The average molecular weight is 301 g/mol. The standard InChI is InChI=1S/C8H10F2INO/c9-8(10)3-4-1-2-5(8)6(12-4)7(11)13/h4-6,12H,1-3H2/t4-,5-,6-/m0/s1. The Labute approximate surface area is 88.6 Å². The van der Waals surface area contributed by atoms with E-state index in [1.54, 1.807) is 22.6 Å². The van der Waals surface area contributed by atoms with E-state index in [1.165, 1.54) is 0 Å². The molecule has 3 fully saturated rings. The number of alkyl halides is 2. The molecule has 1 saturated carbocycles. The molecule has 0 amide bonds. The largest absolute Gasteiger partial charge is 0.303 e. The van der Waals surface area contributed by atoms with Crippen molar-refractivity contribution in [3.8, 4) is 0 Å². The maximum atomic E-state index is 13.3. The molecule has 0 aromatic rings. The smallest absolute Gasteiger partial charge is 0.254 e. The van der Waals surface area contributed by atoms with Crippen molar-refractivity contribution < 1.29 is 13.6 Å². The predicted molar refractivity (Wildman–Crippen MR) is 52.0 cm³/mol. The van der Waals surface area contributed by atoms with Gasteiger partial charge in [-0.25, -0.2) is 8.78 Å². The fraction of sp³-hybridized carbons (Fsp3) is 0.875. The number of fused-ring (bicyclic) bond motifs is 3. The van der Waals surface area contributed by atoms with Crippen molar-refractivity contribution in [2.24, 2.45) is 5.92 Å². The Morgan fingerprint density at radius 1 is 1.46 bits per heavy atom. The molecular weight excluding hydrogens is 291 g/mol. The number of carbonyl (C=O) groups excluding carboxylic acids is 1. The van der Waals surface area contributed by atoms with Crippen LogP contribution < -0.4 is 5.32 Å². The number of hydrogen-bond donors (Lipinski definition) is 1. The van der Waals surface area contributed by atoms with Gasteiger partial charge in [-0.2, -0.15) is 0 Å². The molecule has 2 heterocycles. The Balaban J connectivity index is 2.22. The summed E-state index contributed by atoms with van der Waals surface area (Å²) >= 11 is 1.60. The highest BCUT2D eigenvalue weighted by Gasteiger charge is 2.54.